The van der Waals surface area contributed by atoms with E-state index in [4.69, 9.17) is 0 Å². The van der Waals surface area contributed by atoms with Gasteiger partial charge in [0.2, 0.25) is 0 Å². The van der Waals surface area contributed by atoms with Gasteiger partial charge >= 0.3 is 0 Å². The van der Waals surface area contributed by atoms with Crippen LogP contribution in [0.5, 0.6) is 0 Å². The Morgan fingerprint density at radius 3 is 2.88 bits per heavy atom. The molecule has 0 aliphatic rings. The number of nitrogens with one attached hydrogen (secondary N) is 1. The molecule has 1 N–H and O–H groups in total. The van der Waals surface area contributed by atoms with Gasteiger partial charge in [-0.25, -0.2) is 9.07 Å². The molecule has 4 rings (SSSR count). The van der Waals surface area contributed by atoms with Gasteiger partial charge in [0.25, 0.3) is 5.91 Å². The first-order chi connectivity index (χ1) is 12.7. The molecule has 0 fully saturated rings. The van der Waals surface area contributed by atoms with Crippen LogP contribution in [0.3, 0.4) is 0 Å². The number of amides is 1. The fraction of sp³-hybridized carbons (Fsp3) is 0.0526. The zero-order valence-corrected chi connectivity index (χ0v) is 13.6. The van der Waals surface area contributed by atoms with E-state index >= 15 is 0 Å². The molecule has 4 aromatic rings. The molecule has 2 aromatic carbocycles. The van der Waals surface area contributed by atoms with Gasteiger partial charge in [-0.05, 0) is 42.0 Å². The molecule has 0 spiro atoms. The summed E-state index contributed by atoms with van der Waals surface area (Å²) in [6.07, 6.45) is 3.23. The van der Waals surface area contributed by atoms with Gasteiger partial charge < -0.3 is 5.32 Å². The summed E-state index contributed by atoms with van der Waals surface area (Å²) in [6, 6.07) is 15.4. The monoisotopic (exact) mass is 347 g/mol. The zero-order valence-electron chi connectivity index (χ0n) is 13.6. The van der Waals surface area contributed by atoms with Gasteiger partial charge in [0.1, 0.15) is 5.82 Å². The highest BCUT2D eigenvalue weighted by Gasteiger charge is 2.13. The van der Waals surface area contributed by atoms with Crippen LogP contribution in [0, 0.1) is 5.82 Å². The van der Waals surface area contributed by atoms with E-state index in [9.17, 15) is 9.18 Å². The summed E-state index contributed by atoms with van der Waals surface area (Å²) in [6.45, 7) is 0.330. The highest BCUT2D eigenvalue weighted by atomic mass is 19.1. The molecule has 2 aromatic heterocycles. The average Bonchev–Trinajstić information content (AvgIpc) is 3.11. The van der Waals surface area contributed by atoms with Crippen molar-refractivity contribution >= 4 is 22.5 Å². The molecule has 6 nitrogen and oxygen atoms in total. The maximum absolute atomic E-state index is 13.3. The van der Waals surface area contributed by atoms with E-state index in [2.05, 4.69) is 20.6 Å². The number of hydrogen-bond donors (Lipinski definition) is 1. The zero-order chi connectivity index (χ0) is 17.9. The van der Waals surface area contributed by atoms with Crippen molar-refractivity contribution in [3.05, 3.63) is 84.1 Å². The fourth-order valence-corrected chi connectivity index (χ4v) is 2.70. The van der Waals surface area contributed by atoms with Crippen molar-refractivity contribution in [2.45, 2.75) is 6.54 Å². The molecule has 0 unspecified atom stereocenters. The number of halogens is 1. The van der Waals surface area contributed by atoms with E-state index in [0.717, 1.165) is 16.5 Å². The third-order valence-corrected chi connectivity index (χ3v) is 3.90. The van der Waals surface area contributed by atoms with Gasteiger partial charge in [-0.2, -0.15) is 0 Å². The largest absolute Gasteiger partial charge is 0.320 e. The summed E-state index contributed by atoms with van der Waals surface area (Å²) in [5.41, 5.74) is 2.37. The minimum Gasteiger partial charge on any atom is -0.320 e. The molecular weight excluding hydrogens is 333 g/mol. The van der Waals surface area contributed by atoms with Crippen molar-refractivity contribution in [3.63, 3.8) is 0 Å². The Morgan fingerprint density at radius 2 is 2.00 bits per heavy atom. The lowest BCUT2D eigenvalue weighted by molar-refractivity contribution is 0.102. The van der Waals surface area contributed by atoms with Crippen LogP contribution in [0.15, 0.2) is 67.0 Å². The van der Waals surface area contributed by atoms with Gasteiger partial charge in [0.15, 0.2) is 5.69 Å². The van der Waals surface area contributed by atoms with E-state index in [1.807, 2.05) is 24.3 Å². The van der Waals surface area contributed by atoms with E-state index < -0.39 is 0 Å². The number of fused-ring (bicyclic) bond motifs is 1. The van der Waals surface area contributed by atoms with E-state index in [1.165, 1.54) is 23.0 Å². The maximum atomic E-state index is 13.3. The standard InChI is InChI=1S/C19H14FN5O/c20-14-5-1-4-13(10-14)11-25-12-18(23-24-25)19(26)22-17-8-2-7-16-15(17)6-3-9-21-16/h1-10,12H,11H2,(H,22,26). The molecule has 1 amide bonds. The number of anilines is 1. The average molecular weight is 347 g/mol. The van der Waals surface area contributed by atoms with Crippen LogP contribution >= 0.6 is 0 Å². The lowest BCUT2D eigenvalue weighted by Gasteiger charge is -2.06. The van der Waals surface area contributed by atoms with Crippen molar-refractivity contribution in [1.29, 1.82) is 0 Å². The molecule has 7 heteroatoms. The molecule has 0 bridgehead atoms. The molecule has 128 valence electrons. The van der Waals surface area contributed by atoms with Crippen LogP contribution in [0.25, 0.3) is 10.9 Å². The number of aromatic nitrogens is 4. The summed E-state index contributed by atoms with van der Waals surface area (Å²) in [7, 11) is 0. The predicted octanol–water partition coefficient (Wildman–Crippen LogP) is 3.27. The molecule has 0 saturated carbocycles. The van der Waals surface area contributed by atoms with E-state index in [0.29, 0.717) is 12.2 Å². The van der Waals surface area contributed by atoms with Gasteiger partial charge in [0.05, 0.1) is 23.9 Å². The number of carbonyl (C=O) groups is 1. The van der Waals surface area contributed by atoms with Crippen LogP contribution in [-0.4, -0.2) is 25.9 Å². The Kier molecular flexibility index (Phi) is 4.10. The SMILES string of the molecule is O=C(Nc1cccc2ncccc12)c1cn(Cc2cccc(F)c2)nn1. The molecule has 0 aliphatic carbocycles. The first-order valence-corrected chi connectivity index (χ1v) is 7.99. The topological polar surface area (TPSA) is 72.7 Å². The van der Waals surface area contributed by atoms with Gasteiger partial charge in [-0.1, -0.05) is 23.4 Å². The summed E-state index contributed by atoms with van der Waals surface area (Å²) < 4.78 is 14.8. The fourth-order valence-electron chi connectivity index (χ4n) is 2.70. The number of nitrogens with zero attached hydrogens (tertiary/aromatic N) is 4. The predicted molar refractivity (Wildman–Crippen MR) is 95.2 cm³/mol. The lowest BCUT2D eigenvalue weighted by atomic mass is 10.2. The van der Waals surface area contributed by atoms with Crippen LogP contribution in [-0.2, 0) is 6.54 Å². The summed E-state index contributed by atoms with van der Waals surface area (Å²) in [5.74, 6) is -0.683. The highest BCUT2D eigenvalue weighted by Crippen LogP contribution is 2.21. The quantitative estimate of drug-likeness (QED) is 0.615. The Hall–Kier alpha value is -3.61. The third kappa shape index (κ3) is 3.27. The number of benzene rings is 2. The minimum atomic E-state index is -0.369. The molecule has 0 saturated heterocycles. The number of rotatable bonds is 4. The molecule has 0 aliphatic heterocycles. The first-order valence-electron chi connectivity index (χ1n) is 7.99. The van der Waals surface area contributed by atoms with E-state index in [-0.39, 0.29) is 17.4 Å². The van der Waals surface area contributed by atoms with Crippen molar-refractivity contribution < 1.29 is 9.18 Å². The van der Waals surface area contributed by atoms with Gasteiger partial charge in [-0.15, -0.1) is 5.10 Å². The highest BCUT2D eigenvalue weighted by molar-refractivity contribution is 6.07. The maximum Gasteiger partial charge on any atom is 0.277 e. The van der Waals surface area contributed by atoms with Crippen molar-refractivity contribution in [2.75, 3.05) is 5.32 Å². The Balaban J connectivity index is 1.53. The summed E-state index contributed by atoms with van der Waals surface area (Å²) in [4.78, 5) is 16.7. The third-order valence-electron chi connectivity index (χ3n) is 3.90. The smallest absolute Gasteiger partial charge is 0.277 e. The van der Waals surface area contributed by atoms with Crippen LogP contribution in [0.2, 0.25) is 0 Å². The van der Waals surface area contributed by atoms with Crippen LogP contribution in [0.1, 0.15) is 16.1 Å². The van der Waals surface area contributed by atoms with Crippen LogP contribution < -0.4 is 5.32 Å². The van der Waals surface area contributed by atoms with Crippen molar-refractivity contribution in [1.82, 2.24) is 20.0 Å². The summed E-state index contributed by atoms with van der Waals surface area (Å²) in [5, 5.41) is 11.5. The number of hydrogen-bond acceptors (Lipinski definition) is 4. The number of carbonyl (C=O) groups excluding carboxylic acids is 1. The minimum absolute atomic E-state index is 0.183. The molecular formula is C19H14FN5O. The molecule has 26 heavy (non-hydrogen) atoms. The summed E-state index contributed by atoms with van der Waals surface area (Å²) >= 11 is 0. The lowest BCUT2D eigenvalue weighted by Crippen LogP contribution is -2.12. The molecule has 2 heterocycles. The normalized spacial score (nSPS) is 10.8. The Labute approximate surface area is 148 Å². The van der Waals surface area contributed by atoms with Gasteiger partial charge in [-0.3, -0.25) is 9.78 Å². The van der Waals surface area contributed by atoms with Gasteiger partial charge in [0, 0.05) is 11.6 Å². The Morgan fingerprint density at radius 1 is 1.12 bits per heavy atom. The van der Waals surface area contributed by atoms with Crippen molar-refractivity contribution in [2.24, 2.45) is 0 Å². The van der Waals surface area contributed by atoms with Crippen LogP contribution in [0.4, 0.5) is 10.1 Å². The molecule has 0 radical (unpaired) electrons. The number of pyridine rings is 1. The second kappa shape index (κ2) is 6.72. The second-order valence-electron chi connectivity index (χ2n) is 5.76. The van der Waals surface area contributed by atoms with Crippen molar-refractivity contribution in [3.8, 4) is 0 Å². The first kappa shape index (κ1) is 15.9. The second-order valence-corrected chi connectivity index (χ2v) is 5.76. The molecule has 0 atom stereocenters. The van der Waals surface area contributed by atoms with E-state index in [1.54, 1.807) is 24.4 Å². The Bertz CT molecular complexity index is 1090.